The van der Waals surface area contributed by atoms with Gasteiger partial charge in [0, 0.05) is 59.0 Å². The molecule has 0 unspecified atom stereocenters. The number of carbonyl (C=O) groups excluding carboxylic acids is 1. The van der Waals surface area contributed by atoms with Gasteiger partial charge in [0.05, 0.1) is 29.6 Å². The highest BCUT2D eigenvalue weighted by Gasteiger charge is 2.49. The lowest BCUT2D eigenvalue weighted by molar-refractivity contribution is -0.131. The van der Waals surface area contributed by atoms with E-state index in [2.05, 4.69) is 17.5 Å². The average molecular weight is 678 g/mol. The van der Waals surface area contributed by atoms with Crippen molar-refractivity contribution in [3.05, 3.63) is 71.0 Å². The molecule has 4 aromatic rings. The zero-order valence-electron chi connectivity index (χ0n) is 25.6. The van der Waals surface area contributed by atoms with Crippen LogP contribution in [-0.4, -0.2) is 82.8 Å². The summed E-state index contributed by atoms with van der Waals surface area (Å²) in [5.74, 6) is -1.38. The maximum Gasteiger partial charge on any atom is 0.319 e. The van der Waals surface area contributed by atoms with E-state index in [9.17, 15) is 18.8 Å². The largest absolute Gasteiger partial charge is 0.461 e. The van der Waals surface area contributed by atoms with Crippen molar-refractivity contribution in [1.82, 2.24) is 19.8 Å². The number of halogens is 4. The average Bonchev–Trinajstić information content (AvgIpc) is 3.58. The van der Waals surface area contributed by atoms with Crippen LogP contribution in [0.3, 0.4) is 0 Å². The molecule has 8 nitrogen and oxygen atoms in total. The first-order valence-electron chi connectivity index (χ1n) is 15.7. The molecular weight excluding hydrogens is 645 g/mol. The summed E-state index contributed by atoms with van der Waals surface area (Å²) in [6.07, 6.45) is 1.31. The lowest BCUT2D eigenvalue weighted by Gasteiger charge is -2.41. The maximum absolute atomic E-state index is 14.5. The Morgan fingerprint density at radius 3 is 2.68 bits per heavy atom. The number of fused-ring (bicyclic) bond motifs is 3. The zero-order valence-corrected chi connectivity index (χ0v) is 27.1. The Morgan fingerprint density at radius 2 is 1.89 bits per heavy atom. The van der Waals surface area contributed by atoms with Gasteiger partial charge in [-0.25, -0.2) is 8.78 Å². The number of piperazine rings is 1. The molecule has 0 saturated carbocycles. The third-order valence-corrected chi connectivity index (χ3v) is 10.3. The van der Waals surface area contributed by atoms with Gasteiger partial charge in [0.15, 0.2) is 5.83 Å². The van der Waals surface area contributed by atoms with Crippen LogP contribution in [0.5, 0.6) is 6.01 Å². The first-order valence-corrected chi connectivity index (χ1v) is 16.4. The second kappa shape index (κ2) is 12.5. The number of amides is 1. The summed E-state index contributed by atoms with van der Waals surface area (Å²) in [7, 11) is 0. The Bertz CT molecular complexity index is 1950. The predicted octanol–water partition coefficient (Wildman–Crippen LogP) is 7.13. The van der Waals surface area contributed by atoms with Gasteiger partial charge >= 0.3 is 6.01 Å². The second-order valence-corrected chi connectivity index (χ2v) is 13.4. The summed E-state index contributed by atoms with van der Waals surface area (Å²) in [6.45, 7) is 5.33. The minimum Gasteiger partial charge on any atom is -0.461 e. The molecule has 3 aliphatic heterocycles. The minimum absolute atomic E-state index is 0.00259. The molecule has 1 aromatic heterocycles. The van der Waals surface area contributed by atoms with E-state index in [1.54, 1.807) is 0 Å². The SMILES string of the molecule is C=C(F)C(=O)N1CCN(c2nc(OC[C@@]34CCCN3C[C@H](F)C4)nc3cc(-c4cccc5cccc(Cl)c45)c(Cl)cc23)C[C@@H]1CC#N. The fourth-order valence-electron chi connectivity index (χ4n) is 7.54. The highest BCUT2D eigenvalue weighted by atomic mass is 35.5. The van der Waals surface area contributed by atoms with Crippen LogP contribution >= 0.6 is 23.2 Å². The topological polar surface area (TPSA) is 85.6 Å². The van der Waals surface area contributed by atoms with Crippen molar-refractivity contribution in [3.63, 3.8) is 0 Å². The zero-order chi connectivity index (χ0) is 32.9. The van der Waals surface area contributed by atoms with Crippen molar-refractivity contribution in [3.8, 4) is 23.2 Å². The predicted molar refractivity (Wildman–Crippen MR) is 179 cm³/mol. The van der Waals surface area contributed by atoms with E-state index < -0.39 is 29.5 Å². The summed E-state index contributed by atoms with van der Waals surface area (Å²) in [4.78, 5) is 27.7. The fraction of sp³-hybridized carbons (Fsp3) is 0.371. The number of nitriles is 1. The first-order chi connectivity index (χ1) is 22.7. The number of aromatic nitrogens is 2. The van der Waals surface area contributed by atoms with E-state index >= 15 is 0 Å². The molecule has 3 fully saturated rings. The van der Waals surface area contributed by atoms with E-state index in [1.807, 2.05) is 53.4 Å². The van der Waals surface area contributed by atoms with Gasteiger partial charge in [-0.15, -0.1) is 0 Å². The van der Waals surface area contributed by atoms with Crippen molar-refractivity contribution in [2.45, 2.75) is 43.4 Å². The molecule has 47 heavy (non-hydrogen) atoms. The van der Waals surface area contributed by atoms with E-state index in [4.69, 9.17) is 37.9 Å². The standard InChI is InChI=1S/C35H32Cl2F2N6O2/c1-21(38)33(46)45-14-13-43(19-24(45)9-11-40)32-27-15-29(37)26(25-7-2-5-22-6-3-8-28(36)31(22)25)16-30(27)41-34(42-32)47-20-35-10-4-12-44(35)18-23(39)17-35/h2-3,5-8,15-16,23-24H,1,4,9-10,12-14,17-20H2/t23-,24+,35+/m1/s1. The quantitative estimate of drug-likeness (QED) is 0.193. The van der Waals surface area contributed by atoms with Gasteiger partial charge in [0.2, 0.25) is 0 Å². The molecule has 7 rings (SSSR count). The number of hydrogen-bond acceptors (Lipinski definition) is 7. The third-order valence-electron chi connectivity index (χ3n) is 9.72. The van der Waals surface area contributed by atoms with E-state index in [1.165, 1.54) is 4.90 Å². The summed E-state index contributed by atoms with van der Waals surface area (Å²) < 4.78 is 34.7. The van der Waals surface area contributed by atoms with Gasteiger partial charge in [0.1, 0.15) is 18.6 Å². The Labute approximate surface area is 281 Å². The highest BCUT2D eigenvalue weighted by molar-refractivity contribution is 6.38. The normalized spacial score (nSPS) is 22.9. The Hall–Kier alpha value is -4.04. The maximum atomic E-state index is 14.5. The molecule has 3 aliphatic rings. The molecule has 242 valence electrons. The molecule has 4 heterocycles. The molecule has 0 radical (unpaired) electrons. The summed E-state index contributed by atoms with van der Waals surface area (Å²) >= 11 is 13.7. The summed E-state index contributed by atoms with van der Waals surface area (Å²) in [5.41, 5.74) is 1.73. The number of rotatable bonds is 7. The van der Waals surface area contributed by atoms with Crippen molar-refractivity contribution in [2.24, 2.45) is 0 Å². The molecule has 0 spiro atoms. The highest BCUT2D eigenvalue weighted by Crippen LogP contribution is 2.42. The number of nitrogens with zero attached hydrogens (tertiary/aromatic N) is 6. The molecule has 0 aliphatic carbocycles. The number of anilines is 1. The molecule has 1 amide bonds. The number of alkyl halides is 1. The van der Waals surface area contributed by atoms with Crippen molar-refractivity contribution < 1.29 is 18.3 Å². The van der Waals surface area contributed by atoms with Crippen LogP contribution in [0.4, 0.5) is 14.6 Å². The smallest absolute Gasteiger partial charge is 0.319 e. The van der Waals surface area contributed by atoms with Gasteiger partial charge in [-0.1, -0.05) is 60.1 Å². The molecule has 0 bridgehead atoms. The lowest BCUT2D eigenvalue weighted by Crippen LogP contribution is -2.55. The van der Waals surface area contributed by atoms with Crippen LogP contribution in [-0.2, 0) is 4.79 Å². The lowest BCUT2D eigenvalue weighted by atomic mass is 9.95. The van der Waals surface area contributed by atoms with Gasteiger partial charge in [0.25, 0.3) is 5.91 Å². The van der Waals surface area contributed by atoms with Crippen LogP contribution in [0.25, 0.3) is 32.8 Å². The van der Waals surface area contributed by atoms with E-state index in [0.717, 1.165) is 41.3 Å². The third kappa shape index (κ3) is 5.75. The van der Waals surface area contributed by atoms with Crippen LogP contribution in [0.2, 0.25) is 10.0 Å². The number of benzene rings is 3. The fourth-order valence-corrected chi connectivity index (χ4v) is 8.09. The molecular formula is C35H32Cl2F2N6O2. The van der Waals surface area contributed by atoms with Crippen LogP contribution in [0, 0.1) is 11.3 Å². The van der Waals surface area contributed by atoms with Crippen LogP contribution < -0.4 is 9.64 Å². The molecule has 12 heteroatoms. The first kappa shape index (κ1) is 31.6. The van der Waals surface area contributed by atoms with Crippen molar-refractivity contribution in [1.29, 1.82) is 5.26 Å². The molecule has 0 N–H and O–H groups in total. The van der Waals surface area contributed by atoms with E-state index in [0.29, 0.717) is 46.3 Å². The molecule has 3 atom stereocenters. The van der Waals surface area contributed by atoms with Crippen LogP contribution in [0.15, 0.2) is 60.9 Å². The summed E-state index contributed by atoms with van der Waals surface area (Å²) in [5, 5.41) is 13.1. The van der Waals surface area contributed by atoms with Crippen molar-refractivity contribution >= 4 is 56.6 Å². The number of carbonyl (C=O) groups is 1. The Morgan fingerprint density at radius 1 is 1.09 bits per heavy atom. The molecule has 3 aromatic carbocycles. The Balaban J connectivity index is 1.32. The second-order valence-electron chi connectivity index (χ2n) is 12.6. The van der Waals surface area contributed by atoms with Gasteiger partial charge < -0.3 is 14.5 Å². The van der Waals surface area contributed by atoms with Gasteiger partial charge in [-0.3, -0.25) is 9.69 Å². The van der Waals surface area contributed by atoms with Crippen LogP contribution in [0.1, 0.15) is 25.7 Å². The minimum atomic E-state index is -1.07. The van der Waals surface area contributed by atoms with Gasteiger partial charge in [-0.05, 0) is 48.5 Å². The molecule has 3 saturated heterocycles. The van der Waals surface area contributed by atoms with E-state index in [-0.39, 0.29) is 32.1 Å². The van der Waals surface area contributed by atoms with Crippen molar-refractivity contribution in [2.75, 3.05) is 44.2 Å². The number of ether oxygens (including phenoxy) is 1. The summed E-state index contributed by atoms with van der Waals surface area (Å²) in [6, 6.07) is 17.0. The van der Waals surface area contributed by atoms with Gasteiger partial charge in [-0.2, -0.15) is 15.2 Å². The number of hydrogen-bond donors (Lipinski definition) is 0. The Kier molecular flexibility index (Phi) is 8.41. The monoisotopic (exact) mass is 676 g/mol.